The molecule has 1 fully saturated rings. The van der Waals surface area contributed by atoms with Gasteiger partial charge >= 0.3 is 11.6 Å². The quantitative estimate of drug-likeness (QED) is 0.223. The van der Waals surface area contributed by atoms with Crippen LogP contribution in [-0.4, -0.2) is 26.4 Å². The predicted molar refractivity (Wildman–Crippen MR) is 124 cm³/mol. The van der Waals surface area contributed by atoms with Crippen molar-refractivity contribution < 1.29 is 9.66 Å². The lowest BCUT2D eigenvalue weighted by Gasteiger charge is -2.27. The molecule has 1 heterocycles. The average Bonchev–Trinajstić information content (AvgIpc) is 2.80. The lowest BCUT2D eigenvalue weighted by Crippen LogP contribution is -2.17. The van der Waals surface area contributed by atoms with Crippen LogP contribution in [0.4, 0.5) is 5.69 Å². The van der Waals surface area contributed by atoms with E-state index in [9.17, 15) is 10.1 Å². The van der Waals surface area contributed by atoms with Crippen LogP contribution < -0.4 is 4.74 Å². The Morgan fingerprint density at radius 3 is 2.32 bits per heavy atom. The van der Waals surface area contributed by atoms with Crippen LogP contribution in [0.1, 0.15) is 37.3 Å². The number of rotatable bonds is 7. The van der Waals surface area contributed by atoms with E-state index in [1.807, 2.05) is 48.3 Å². The zero-order chi connectivity index (χ0) is 21.6. The molecule has 0 radical (unpaired) electrons. The molecule has 1 aliphatic carbocycles. The lowest BCUT2D eigenvalue weighted by atomic mass is 9.86. The van der Waals surface area contributed by atoms with Crippen molar-refractivity contribution in [3.05, 3.63) is 76.7 Å². The maximum atomic E-state index is 11.9. The van der Waals surface area contributed by atoms with E-state index in [1.54, 1.807) is 23.9 Å². The Balaban J connectivity index is 1.49. The van der Waals surface area contributed by atoms with Gasteiger partial charge in [0.1, 0.15) is 17.8 Å². The molecule has 0 bridgehead atoms. The van der Waals surface area contributed by atoms with Crippen molar-refractivity contribution in [2.75, 3.05) is 6.26 Å². The molecular weight excluding hydrogens is 430 g/mol. The van der Waals surface area contributed by atoms with Crippen molar-refractivity contribution in [3.63, 3.8) is 0 Å². The lowest BCUT2D eigenvalue weighted by molar-refractivity contribution is -0.387. The van der Waals surface area contributed by atoms with E-state index in [4.69, 9.17) is 4.74 Å². The smallest absolute Gasteiger partial charge is 0.352 e. The maximum Gasteiger partial charge on any atom is 0.352 e. The molecule has 3 aromatic rings. The summed E-state index contributed by atoms with van der Waals surface area (Å²) < 4.78 is 5.80. The monoisotopic (exact) mass is 453 g/mol. The van der Waals surface area contributed by atoms with Crippen molar-refractivity contribution in [2.45, 2.75) is 46.6 Å². The van der Waals surface area contributed by atoms with Crippen LogP contribution in [0.15, 0.2) is 70.7 Å². The summed E-state index contributed by atoms with van der Waals surface area (Å²) in [6.45, 7) is 0. The number of ether oxygens (including phenoxy) is 1. The second-order valence-corrected chi connectivity index (χ2v) is 9.61. The first-order chi connectivity index (χ1) is 15.1. The Morgan fingerprint density at radius 2 is 1.68 bits per heavy atom. The molecule has 160 valence electrons. The second-order valence-electron chi connectivity index (χ2n) is 7.35. The first kappa shape index (κ1) is 21.6. The largest absolute Gasteiger partial charge is 0.434 e. The standard InChI is InChI=1S/C23H23N3O3S2/c1-30-18-13-9-17(10-14-18)29-23-22(26(27)28)21(24-15-25-23)16-7-11-20(12-8-16)31-19-5-3-2-4-6-19/h2-6,9-10,13-16,20H,7-8,11-12H2,1H3. The van der Waals surface area contributed by atoms with Crippen molar-refractivity contribution in [1.82, 2.24) is 9.97 Å². The summed E-state index contributed by atoms with van der Waals surface area (Å²) in [5.74, 6) is 0.568. The third-order valence-corrected chi connectivity index (χ3v) is 7.47. The number of benzene rings is 2. The number of nitrogens with zero attached hydrogens (tertiary/aromatic N) is 3. The minimum atomic E-state index is -0.411. The molecule has 0 aliphatic heterocycles. The predicted octanol–water partition coefficient (Wildman–Crippen LogP) is 6.72. The van der Waals surface area contributed by atoms with Gasteiger partial charge in [-0.25, -0.2) is 4.98 Å². The molecule has 6 nitrogen and oxygen atoms in total. The molecule has 2 aromatic carbocycles. The topological polar surface area (TPSA) is 78.2 Å². The molecule has 0 spiro atoms. The summed E-state index contributed by atoms with van der Waals surface area (Å²) in [5, 5.41) is 12.4. The minimum absolute atomic E-state index is 0.00712. The van der Waals surface area contributed by atoms with Gasteiger partial charge in [-0.2, -0.15) is 4.98 Å². The zero-order valence-electron chi connectivity index (χ0n) is 17.1. The molecule has 0 atom stereocenters. The van der Waals surface area contributed by atoms with Crippen LogP contribution in [0.2, 0.25) is 0 Å². The van der Waals surface area contributed by atoms with Gasteiger partial charge in [0, 0.05) is 21.0 Å². The zero-order valence-corrected chi connectivity index (χ0v) is 18.8. The fourth-order valence-electron chi connectivity index (χ4n) is 3.82. The average molecular weight is 454 g/mol. The highest BCUT2D eigenvalue weighted by Gasteiger charge is 2.33. The molecule has 31 heavy (non-hydrogen) atoms. The normalized spacial score (nSPS) is 18.5. The summed E-state index contributed by atoms with van der Waals surface area (Å²) in [5.41, 5.74) is 0.370. The van der Waals surface area contributed by atoms with Gasteiger partial charge in [-0.05, 0) is 68.3 Å². The van der Waals surface area contributed by atoms with Gasteiger partial charge in [0.25, 0.3) is 0 Å². The molecule has 1 saturated carbocycles. The third-order valence-electron chi connectivity index (χ3n) is 5.38. The van der Waals surface area contributed by atoms with Crippen LogP contribution in [-0.2, 0) is 0 Å². The number of aromatic nitrogens is 2. The summed E-state index contributed by atoms with van der Waals surface area (Å²) in [6, 6.07) is 17.8. The maximum absolute atomic E-state index is 11.9. The van der Waals surface area contributed by atoms with Gasteiger partial charge in [-0.1, -0.05) is 18.2 Å². The Hall–Kier alpha value is -2.58. The van der Waals surface area contributed by atoms with Crippen molar-refractivity contribution >= 4 is 29.2 Å². The van der Waals surface area contributed by atoms with Crippen molar-refractivity contribution in [3.8, 4) is 11.6 Å². The molecule has 1 aromatic heterocycles. The summed E-state index contributed by atoms with van der Waals surface area (Å²) >= 11 is 3.51. The van der Waals surface area contributed by atoms with E-state index in [1.165, 1.54) is 11.2 Å². The van der Waals surface area contributed by atoms with Crippen LogP contribution in [0.3, 0.4) is 0 Å². The first-order valence-corrected chi connectivity index (χ1v) is 12.3. The van der Waals surface area contributed by atoms with E-state index in [0.717, 1.165) is 30.6 Å². The number of thioether (sulfide) groups is 2. The fraction of sp³-hybridized carbons (Fsp3) is 0.304. The molecular formula is C23H23N3O3S2. The van der Waals surface area contributed by atoms with E-state index in [2.05, 4.69) is 22.1 Å². The molecule has 4 rings (SSSR count). The molecule has 0 amide bonds. The third kappa shape index (κ3) is 5.37. The Bertz CT molecular complexity index is 1020. The molecule has 0 saturated heterocycles. The molecule has 1 aliphatic rings. The van der Waals surface area contributed by atoms with Crippen LogP contribution in [0.25, 0.3) is 0 Å². The summed E-state index contributed by atoms with van der Waals surface area (Å²) in [7, 11) is 0. The Morgan fingerprint density at radius 1 is 0.968 bits per heavy atom. The molecule has 0 unspecified atom stereocenters. The van der Waals surface area contributed by atoms with Gasteiger partial charge in [-0.15, -0.1) is 23.5 Å². The van der Waals surface area contributed by atoms with Gasteiger partial charge in [0.15, 0.2) is 0 Å². The van der Waals surface area contributed by atoms with Crippen molar-refractivity contribution in [2.24, 2.45) is 0 Å². The van der Waals surface area contributed by atoms with E-state index in [0.29, 0.717) is 16.7 Å². The minimum Gasteiger partial charge on any atom is -0.434 e. The summed E-state index contributed by atoms with van der Waals surface area (Å²) in [6.07, 6.45) is 7.09. The van der Waals surface area contributed by atoms with Gasteiger partial charge in [0.05, 0.1) is 4.92 Å². The second kappa shape index (κ2) is 10.2. The number of hydrogen-bond acceptors (Lipinski definition) is 7. The van der Waals surface area contributed by atoms with Crippen LogP contribution in [0, 0.1) is 10.1 Å². The fourth-order valence-corrected chi connectivity index (χ4v) is 5.44. The van der Waals surface area contributed by atoms with Crippen LogP contribution in [0.5, 0.6) is 11.6 Å². The number of nitro groups is 1. The van der Waals surface area contributed by atoms with Crippen LogP contribution >= 0.6 is 23.5 Å². The summed E-state index contributed by atoms with van der Waals surface area (Å²) in [4.78, 5) is 22.3. The Kier molecular flexibility index (Phi) is 7.09. The first-order valence-electron chi connectivity index (χ1n) is 10.2. The molecule has 0 N–H and O–H groups in total. The van der Waals surface area contributed by atoms with E-state index >= 15 is 0 Å². The van der Waals surface area contributed by atoms with E-state index < -0.39 is 4.92 Å². The number of hydrogen-bond donors (Lipinski definition) is 0. The SMILES string of the molecule is CSc1ccc(Oc2ncnc(C3CCC(Sc4ccccc4)CC3)c2[N+](=O)[O-])cc1. The highest BCUT2D eigenvalue weighted by Crippen LogP contribution is 2.43. The van der Waals surface area contributed by atoms with Crippen molar-refractivity contribution in [1.29, 1.82) is 0 Å². The van der Waals surface area contributed by atoms with Gasteiger partial charge in [0.2, 0.25) is 0 Å². The van der Waals surface area contributed by atoms with Gasteiger partial charge < -0.3 is 4.74 Å². The van der Waals surface area contributed by atoms with Gasteiger partial charge in [-0.3, -0.25) is 10.1 Å². The van der Waals surface area contributed by atoms with E-state index in [-0.39, 0.29) is 17.5 Å². The highest BCUT2D eigenvalue weighted by molar-refractivity contribution is 8.00. The Labute approximate surface area is 190 Å². The molecule has 8 heteroatoms. The highest BCUT2D eigenvalue weighted by atomic mass is 32.2.